The quantitative estimate of drug-likeness (QED) is 0.911. The van der Waals surface area contributed by atoms with E-state index in [-0.39, 0.29) is 12.1 Å². The highest BCUT2D eigenvalue weighted by atomic mass is 16.5. The molecule has 1 aromatic heterocycles. The summed E-state index contributed by atoms with van der Waals surface area (Å²) >= 11 is 0. The molecule has 2 aromatic rings. The summed E-state index contributed by atoms with van der Waals surface area (Å²) in [6, 6.07) is 11.9. The molecule has 122 valence electrons. The lowest BCUT2D eigenvalue weighted by atomic mass is 10.1. The third kappa shape index (κ3) is 4.32. The minimum absolute atomic E-state index is 0.176. The highest BCUT2D eigenvalue weighted by Gasteiger charge is 2.17. The lowest BCUT2D eigenvalue weighted by molar-refractivity contribution is 0.0806. The molecule has 3 rings (SSSR count). The van der Waals surface area contributed by atoms with Crippen molar-refractivity contribution in [1.29, 1.82) is 0 Å². The third-order valence-corrected chi connectivity index (χ3v) is 3.88. The Kier molecular flexibility index (Phi) is 4.92. The van der Waals surface area contributed by atoms with Crippen molar-refractivity contribution in [2.45, 2.75) is 32.4 Å². The summed E-state index contributed by atoms with van der Waals surface area (Å²) in [5.41, 5.74) is 2.02. The van der Waals surface area contributed by atoms with Gasteiger partial charge >= 0.3 is 6.03 Å². The topological polar surface area (TPSA) is 68.2 Å². The summed E-state index contributed by atoms with van der Waals surface area (Å²) in [5.74, 6) is 0.705. The van der Waals surface area contributed by atoms with Crippen LogP contribution in [-0.4, -0.2) is 35.1 Å². The maximum Gasteiger partial charge on any atom is 0.320 e. The van der Waals surface area contributed by atoms with Gasteiger partial charge in [-0.25, -0.2) is 9.48 Å². The minimum atomic E-state index is -0.189. The zero-order chi connectivity index (χ0) is 16.1. The van der Waals surface area contributed by atoms with E-state index in [0.717, 1.165) is 24.1 Å². The molecule has 0 radical (unpaired) electrons. The zero-order valence-corrected chi connectivity index (χ0v) is 13.3. The fourth-order valence-corrected chi connectivity index (χ4v) is 2.70. The lowest BCUT2D eigenvalue weighted by Gasteiger charge is -2.23. The number of benzene rings is 1. The van der Waals surface area contributed by atoms with Gasteiger partial charge in [-0.3, -0.25) is 5.32 Å². The molecular weight excluding hydrogens is 292 g/mol. The fraction of sp³-hybridized carbons (Fsp3) is 0.412. The van der Waals surface area contributed by atoms with Gasteiger partial charge in [0, 0.05) is 25.3 Å². The summed E-state index contributed by atoms with van der Waals surface area (Å²) in [6.45, 7) is 3.95. The number of aryl methyl sites for hydroxylation is 1. The second-order valence-electron chi connectivity index (χ2n) is 5.80. The highest BCUT2D eigenvalue weighted by molar-refractivity contribution is 5.88. The first-order chi connectivity index (χ1) is 11.2. The molecule has 2 amide bonds. The van der Waals surface area contributed by atoms with Crippen molar-refractivity contribution in [3.63, 3.8) is 0 Å². The Labute approximate surface area is 135 Å². The number of urea groups is 1. The van der Waals surface area contributed by atoms with Crippen molar-refractivity contribution in [2.24, 2.45) is 0 Å². The van der Waals surface area contributed by atoms with Crippen LogP contribution < -0.4 is 10.6 Å². The predicted molar refractivity (Wildman–Crippen MR) is 88.5 cm³/mol. The van der Waals surface area contributed by atoms with Crippen LogP contribution in [0.4, 0.5) is 10.6 Å². The first-order valence-electron chi connectivity index (χ1n) is 7.94. The molecule has 0 unspecified atom stereocenters. The van der Waals surface area contributed by atoms with Gasteiger partial charge in [-0.15, -0.1) is 0 Å². The van der Waals surface area contributed by atoms with Crippen molar-refractivity contribution in [2.75, 3.05) is 18.5 Å². The van der Waals surface area contributed by atoms with Gasteiger partial charge in [0.15, 0.2) is 0 Å². The average molecular weight is 314 g/mol. The van der Waals surface area contributed by atoms with E-state index in [1.165, 1.54) is 0 Å². The van der Waals surface area contributed by atoms with Gasteiger partial charge in [-0.05, 0) is 25.3 Å². The molecule has 1 aliphatic heterocycles. The van der Waals surface area contributed by atoms with Crippen LogP contribution in [0.25, 0.3) is 0 Å². The molecular formula is C17H22N4O2. The normalized spacial score (nSPS) is 15.3. The monoisotopic (exact) mass is 314 g/mol. The smallest absolute Gasteiger partial charge is 0.320 e. The first-order valence-corrected chi connectivity index (χ1v) is 7.94. The van der Waals surface area contributed by atoms with E-state index in [1.54, 1.807) is 0 Å². The molecule has 6 nitrogen and oxygen atoms in total. The standard InChI is InChI=1S/C17H22N4O2/c1-13-11-16(19-17(22)18-15-7-9-23-10-8-15)21(20-13)12-14-5-3-2-4-6-14/h2-6,11,15H,7-10,12H2,1H3,(H2,18,19,22). The number of aromatic nitrogens is 2. The average Bonchev–Trinajstić information content (AvgIpc) is 2.88. The second-order valence-corrected chi connectivity index (χ2v) is 5.80. The van der Waals surface area contributed by atoms with E-state index in [4.69, 9.17) is 4.74 Å². The molecule has 1 saturated heterocycles. The molecule has 2 N–H and O–H groups in total. The molecule has 6 heteroatoms. The van der Waals surface area contributed by atoms with E-state index in [0.29, 0.717) is 25.6 Å². The van der Waals surface area contributed by atoms with Crippen LogP contribution >= 0.6 is 0 Å². The summed E-state index contributed by atoms with van der Waals surface area (Å²) in [7, 11) is 0. The van der Waals surface area contributed by atoms with Crippen molar-refractivity contribution in [1.82, 2.24) is 15.1 Å². The van der Waals surface area contributed by atoms with E-state index >= 15 is 0 Å². The Hall–Kier alpha value is -2.34. The number of carbonyl (C=O) groups is 1. The van der Waals surface area contributed by atoms with Gasteiger partial charge in [0.2, 0.25) is 0 Å². The number of carbonyl (C=O) groups excluding carboxylic acids is 1. The van der Waals surface area contributed by atoms with Gasteiger partial charge < -0.3 is 10.1 Å². The van der Waals surface area contributed by atoms with Crippen LogP contribution in [0.15, 0.2) is 36.4 Å². The number of rotatable bonds is 4. The number of hydrogen-bond donors (Lipinski definition) is 2. The van der Waals surface area contributed by atoms with Crippen molar-refractivity contribution in [3.05, 3.63) is 47.7 Å². The van der Waals surface area contributed by atoms with E-state index < -0.39 is 0 Å². The molecule has 2 heterocycles. The number of amides is 2. The molecule has 0 bridgehead atoms. The van der Waals surface area contributed by atoms with E-state index in [1.807, 2.05) is 48.0 Å². The largest absolute Gasteiger partial charge is 0.381 e. The van der Waals surface area contributed by atoms with Crippen LogP contribution in [0.1, 0.15) is 24.1 Å². The SMILES string of the molecule is Cc1cc(NC(=O)NC2CCOCC2)n(Cc2ccccc2)n1. The molecule has 0 spiro atoms. The second kappa shape index (κ2) is 7.28. The molecule has 23 heavy (non-hydrogen) atoms. The number of hydrogen-bond acceptors (Lipinski definition) is 3. The number of anilines is 1. The number of nitrogens with zero attached hydrogens (tertiary/aromatic N) is 2. The van der Waals surface area contributed by atoms with Gasteiger partial charge in [0.25, 0.3) is 0 Å². The third-order valence-electron chi connectivity index (χ3n) is 3.88. The molecule has 1 fully saturated rings. The molecule has 0 aliphatic carbocycles. The Morgan fingerprint density at radius 2 is 2.04 bits per heavy atom. The van der Waals surface area contributed by atoms with Crippen LogP contribution in [0.5, 0.6) is 0 Å². The Balaban J connectivity index is 1.64. The maximum atomic E-state index is 12.2. The summed E-state index contributed by atoms with van der Waals surface area (Å²) < 4.78 is 7.12. The maximum absolute atomic E-state index is 12.2. The molecule has 0 saturated carbocycles. The number of nitrogens with one attached hydrogen (secondary N) is 2. The molecule has 1 aliphatic rings. The predicted octanol–water partition coefficient (Wildman–Crippen LogP) is 2.54. The lowest BCUT2D eigenvalue weighted by Crippen LogP contribution is -2.41. The van der Waals surface area contributed by atoms with Gasteiger partial charge in [-0.2, -0.15) is 5.10 Å². The van der Waals surface area contributed by atoms with Crippen LogP contribution in [0, 0.1) is 6.92 Å². The zero-order valence-electron chi connectivity index (χ0n) is 13.3. The van der Waals surface area contributed by atoms with Crippen LogP contribution in [0.2, 0.25) is 0 Å². The van der Waals surface area contributed by atoms with Crippen molar-refractivity contribution in [3.8, 4) is 0 Å². The van der Waals surface area contributed by atoms with Gasteiger partial charge in [0.1, 0.15) is 5.82 Å². The van der Waals surface area contributed by atoms with Crippen LogP contribution in [-0.2, 0) is 11.3 Å². The Bertz CT molecular complexity index is 648. The Morgan fingerprint density at radius 3 is 2.78 bits per heavy atom. The van der Waals surface area contributed by atoms with Gasteiger partial charge in [-0.1, -0.05) is 30.3 Å². The number of ether oxygens (including phenoxy) is 1. The summed E-state index contributed by atoms with van der Waals surface area (Å²) in [5, 5.41) is 10.4. The van der Waals surface area contributed by atoms with Gasteiger partial charge in [0.05, 0.1) is 12.2 Å². The van der Waals surface area contributed by atoms with Crippen LogP contribution in [0.3, 0.4) is 0 Å². The fourth-order valence-electron chi connectivity index (χ4n) is 2.70. The van der Waals surface area contributed by atoms with Crippen molar-refractivity contribution >= 4 is 11.8 Å². The summed E-state index contributed by atoms with van der Waals surface area (Å²) in [4.78, 5) is 12.2. The molecule has 1 aromatic carbocycles. The first kappa shape index (κ1) is 15.6. The van der Waals surface area contributed by atoms with Crippen molar-refractivity contribution < 1.29 is 9.53 Å². The minimum Gasteiger partial charge on any atom is -0.381 e. The molecule has 0 atom stereocenters. The Morgan fingerprint density at radius 1 is 1.30 bits per heavy atom. The highest BCUT2D eigenvalue weighted by Crippen LogP contribution is 2.13. The van der Waals surface area contributed by atoms with E-state index in [9.17, 15) is 4.79 Å². The summed E-state index contributed by atoms with van der Waals surface area (Å²) in [6.07, 6.45) is 1.71. The van der Waals surface area contributed by atoms with E-state index in [2.05, 4.69) is 15.7 Å².